The van der Waals surface area contributed by atoms with Crippen molar-refractivity contribution in [2.75, 3.05) is 38.0 Å². The van der Waals surface area contributed by atoms with Gasteiger partial charge in [0.15, 0.2) is 5.82 Å². The molecule has 3 unspecified atom stereocenters. The van der Waals surface area contributed by atoms with E-state index in [1.54, 1.807) is 17.9 Å². The molecule has 184 valence electrons. The molecule has 2 aliphatic heterocycles. The molecule has 4 amide bonds. The van der Waals surface area contributed by atoms with Crippen LogP contribution in [0.25, 0.3) is 0 Å². The van der Waals surface area contributed by atoms with Gasteiger partial charge >= 0.3 is 0 Å². The Kier molecular flexibility index (Phi) is 7.16. The monoisotopic (exact) mass is 471 g/mol. The van der Waals surface area contributed by atoms with Crippen LogP contribution in [0.2, 0.25) is 0 Å². The second-order valence-corrected chi connectivity index (χ2v) is 9.82. The molecule has 4 rings (SSSR count). The van der Waals surface area contributed by atoms with Crippen LogP contribution >= 0.6 is 0 Å². The first-order chi connectivity index (χ1) is 16.2. The Balaban J connectivity index is 1.36. The molecule has 1 aromatic heterocycles. The number of aryl methyl sites for hydroxylation is 1. The number of carbonyl (C=O) groups is 4. The minimum Gasteiger partial charge on any atom is -0.360 e. The summed E-state index contributed by atoms with van der Waals surface area (Å²) >= 11 is 0. The number of fused-ring (bicyclic) bond motifs is 1. The normalized spacial score (nSPS) is 24.0. The standard InChI is InChI=1S/C24H33N5O5/c1-15(2)12-19(29-22(31)17-6-4-5-7-18(17)23(29)32)24(33)28-10-8-27(9-11-28)14-21(30)25-20-13-16(3)34-26-20/h4-5,13,15,17-19H,6-12,14H2,1-3H3,(H,25,26,30). The van der Waals surface area contributed by atoms with Crippen molar-refractivity contribution in [1.82, 2.24) is 19.9 Å². The molecule has 1 N–H and O–H groups in total. The lowest BCUT2D eigenvalue weighted by molar-refractivity contribution is -0.153. The predicted molar refractivity (Wildman–Crippen MR) is 123 cm³/mol. The first-order valence-corrected chi connectivity index (χ1v) is 12.0. The number of anilines is 1. The van der Waals surface area contributed by atoms with E-state index in [4.69, 9.17) is 4.52 Å². The minimum absolute atomic E-state index is 0.153. The Labute approximate surface area is 199 Å². The SMILES string of the molecule is Cc1cc(NC(=O)CN2CCN(C(=O)C(CC(C)C)N3C(=O)C4CC=CCC4C3=O)CC2)no1. The average Bonchev–Trinajstić information content (AvgIpc) is 3.32. The van der Waals surface area contributed by atoms with E-state index in [2.05, 4.69) is 10.5 Å². The van der Waals surface area contributed by atoms with Crippen molar-refractivity contribution in [2.45, 2.75) is 46.1 Å². The smallest absolute Gasteiger partial charge is 0.245 e. The van der Waals surface area contributed by atoms with Crippen molar-refractivity contribution in [2.24, 2.45) is 17.8 Å². The molecule has 1 aromatic rings. The molecule has 10 heteroatoms. The number of aromatic nitrogens is 1. The van der Waals surface area contributed by atoms with Gasteiger partial charge in [-0.2, -0.15) is 0 Å². The maximum atomic E-state index is 13.5. The van der Waals surface area contributed by atoms with Crippen molar-refractivity contribution < 1.29 is 23.7 Å². The zero-order chi connectivity index (χ0) is 24.4. The molecule has 0 bridgehead atoms. The van der Waals surface area contributed by atoms with E-state index in [-0.39, 0.29) is 47.9 Å². The highest BCUT2D eigenvalue weighted by Crippen LogP contribution is 2.37. The fraction of sp³-hybridized carbons (Fsp3) is 0.625. The number of amides is 4. The number of nitrogens with zero attached hydrogens (tertiary/aromatic N) is 4. The Morgan fingerprint density at radius 3 is 2.24 bits per heavy atom. The molecular formula is C24H33N5O5. The van der Waals surface area contributed by atoms with Crippen LogP contribution in [0.3, 0.4) is 0 Å². The molecular weight excluding hydrogens is 438 g/mol. The number of carbonyl (C=O) groups excluding carboxylic acids is 4. The van der Waals surface area contributed by atoms with Crippen molar-refractivity contribution in [3.05, 3.63) is 24.0 Å². The fourth-order valence-corrected chi connectivity index (χ4v) is 5.04. The average molecular weight is 472 g/mol. The number of allylic oxidation sites excluding steroid dienone is 2. The Hall–Kier alpha value is -3.01. The van der Waals surface area contributed by atoms with Crippen LogP contribution in [0.4, 0.5) is 5.82 Å². The van der Waals surface area contributed by atoms with Crippen LogP contribution in [0, 0.1) is 24.7 Å². The van der Waals surface area contributed by atoms with E-state index in [0.29, 0.717) is 57.0 Å². The third-order valence-electron chi connectivity index (χ3n) is 6.78. The van der Waals surface area contributed by atoms with E-state index in [1.165, 1.54) is 4.90 Å². The maximum Gasteiger partial charge on any atom is 0.245 e. The van der Waals surface area contributed by atoms with Gasteiger partial charge in [0.1, 0.15) is 11.8 Å². The van der Waals surface area contributed by atoms with Crippen molar-refractivity contribution in [3.63, 3.8) is 0 Å². The second-order valence-electron chi connectivity index (χ2n) is 9.82. The molecule has 3 aliphatic rings. The van der Waals surface area contributed by atoms with Gasteiger partial charge in [-0.25, -0.2) is 0 Å². The van der Waals surface area contributed by atoms with Crippen molar-refractivity contribution in [3.8, 4) is 0 Å². The largest absolute Gasteiger partial charge is 0.360 e. The number of imide groups is 1. The molecule has 1 aliphatic carbocycles. The van der Waals surface area contributed by atoms with E-state index in [0.717, 1.165) is 0 Å². The third kappa shape index (κ3) is 5.06. The Morgan fingerprint density at radius 1 is 1.09 bits per heavy atom. The number of piperazine rings is 1. The zero-order valence-corrected chi connectivity index (χ0v) is 20.0. The molecule has 0 spiro atoms. The van der Waals surface area contributed by atoms with E-state index in [9.17, 15) is 19.2 Å². The number of rotatable bonds is 7. The van der Waals surface area contributed by atoms with Gasteiger partial charge in [-0.3, -0.25) is 29.0 Å². The summed E-state index contributed by atoms with van der Waals surface area (Å²) in [6.45, 7) is 7.86. The van der Waals surface area contributed by atoms with Crippen LogP contribution in [-0.2, 0) is 19.2 Å². The number of likely N-dealkylation sites (tertiary alicyclic amines) is 1. The topological polar surface area (TPSA) is 116 Å². The number of hydrogen-bond acceptors (Lipinski definition) is 7. The maximum absolute atomic E-state index is 13.5. The molecule has 2 saturated heterocycles. The van der Waals surface area contributed by atoms with Gasteiger partial charge in [-0.15, -0.1) is 0 Å². The minimum atomic E-state index is -0.768. The van der Waals surface area contributed by atoms with Crippen LogP contribution in [-0.4, -0.2) is 82.3 Å². The van der Waals surface area contributed by atoms with Gasteiger partial charge in [0, 0.05) is 32.2 Å². The van der Waals surface area contributed by atoms with Gasteiger partial charge < -0.3 is 14.7 Å². The molecule has 0 radical (unpaired) electrons. The Morgan fingerprint density at radius 2 is 1.71 bits per heavy atom. The van der Waals surface area contributed by atoms with Gasteiger partial charge in [-0.05, 0) is 32.1 Å². The van der Waals surface area contributed by atoms with Crippen LogP contribution in [0.1, 0.15) is 38.9 Å². The quantitative estimate of drug-likeness (QED) is 0.472. The zero-order valence-electron chi connectivity index (χ0n) is 20.0. The van der Waals surface area contributed by atoms with E-state index in [1.807, 2.05) is 30.9 Å². The molecule has 0 aromatic carbocycles. The molecule has 2 fully saturated rings. The molecule has 3 heterocycles. The summed E-state index contributed by atoms with van der Waals surface area (Å²) in [6, 6.07) is 0.882. The summed E-state index contributed by atoms with van der Waals surface area (Å²) in [5.74, 6) is -0.339. The molecule has 34 heavy (non-hydrogen) atoms. The summed E-state index contributed by atoms with van der Waals surface area (Å²) in [4.78, 5) is 57.0. The summed E-state index contributed by atoms with van der Waals surface area (Å²) < 4.78 is 4.96. The highest BCUT2D eigenvalue weighted by atomic mass is 16.5. The van der Waals surface area contributed by atoms with Gasteiger partial charge in [-0.1, -0.05) is 31.2 Å². The van der Waals surface area contributed by atoms with Gasteiger partial charge in [0.25, 0.3) is 0 Å². The van der Waals surface area contributed by atoms with Crippen LogP contribution in [0.5, 0.6) is 0 Å². The summed E-state index contributed by atoms with van der Waals surface area (Å²) in [6.07, 6.45) is 5.47. The number of hydrogen-bond donors (Lipinski definition) is 1. The molecule has 3 atom stereocenters. The lowest BCUT2D eigenvalue weighted by atomic mass is 9.85. The summed E-state index contributed by atoms with van der Waals surface area (Å²) in [7, 11) is 0. The first-order valence-electron chi connectivity index (χ1n) is 12.0. The predicted octanol–water partition coefficient (Wildman–Crippen LogP) is 1.43. The van der Waals surface area contributed by atoms with Crippen molar-refractivity contribution in [1.29, 1.82) is 0 Å². The fourth-order valence-electron chi connectivity index (χ4n) is 5.04. The van der Waals surface area contributed by atoms with Crippen LogP contribution in [0.15, 0.2) is 22.7 Å². The third-order valence-corrected chi connectivity index (χ3v) is 6.78. The van der Waals surface area contributed by atoms with Crippen LogP contribution < -0.4 is 5.32 Å². The van der Waals surface area contributed by atoms with Gasteiger partial charge in [0.05, 0.1) is 18.4 Å². The van der Waals surface area contributed by atoms with E-state index < -0.39 is 6.04 Å². The summed E-state index contributed by atoms with van der Waals surface area (Å²) in [5, 5.41) is 6.46. The number of nitrogens with one attached hydrogen (secondary N) is 1. The van der Waals surface area contributed by atoms with Crippen molar-refractivity contribution >= 4 is 29.4 Å². The lowest BCUT2D eigenvalue weighted by Crippen LogP contribution is -2.57. The van der Waals surface area contributed by atoms with E-state index >= 15 is 0 Å². The first kappa shape index (κ1) is 24.1. The van der Waals surface area contributed by atoms with Gasteiger partial charge in [0.2, 0.25) is 23.6 Å². The molecule has 10 nitrogen and oxygen atoms in total. The highest BCUT2D eigenvalue weighted by Gasteiger charge is 2.51. The second kappa shape index (κ2) is 10.1. The Bertz CT molecular complexity index is 952. The molecule has 0 saturated carbocycles. The summed E-state index contributed by atoms with van der Waals surface area (Å²) in [5.41, 5.74) is 0. The lowest BCUT2D eigenvalue weighted by Gasteiger charge is -2.38. The highest BCUT2D eigenvalue weighted by molar-refractivity contribution is 6.08.